The summed E-state index contributed by atoms with van der Waals surface area (Å²) in [6, 6.07) is 15.9. The van der Waals surface area contributed by atoms with Crippen LogP contribution in [0.15, 0.2) is 48.5 Å². The van der Waals surface area contributed by atoms with Crippen LogP contribution in [-0.2, 0) is 10.0 Å². The van der Waals surface area contributed by atoms with Gasteiger partial charge in [0.25, 0.3) is 5.91 Å². The average molecular weight is 472 g/mol. The van der Waals surface area contributed by atoms with Crippen LogP contribution in [0, 0.1) is 0 Å². The molecule has 8 heteroatoms. The highest BCUT2D eigenvalue weighted by atomic mass is 32.2. The predicted molar refractivity (Wildman–Crippen MR) is 130 cm³/mol. The first-order chi connectivity index (χ1) is 15.7. The Morgan fingerprint density at radius 2 is 1.76 bits per heavy atom. The van der Waals surface area contributed by atoms with Crippen molar-refractivity contribution in [2.75, 3.05) is 46.6 Å². The molecule has 0 unspecified atom stereocenters. The van der Waals surface area contributed by atoms with Crippen molar-refractivity contribution in [2.45, 2.75) is 30.8 Å². The zero-order valence-corrected chi connectivity index (χ0v) is 20.3. The van der Waals surface area contributed by atoms with E-state index < -0.39 is 10.0 Å². The second-order valence-corrected chi connectivity index (χ2v) is 11.3. The minimum atomic E-state index is -3.26. The van der Waals surface area contributed by atoms with Crippen LogP contribution in [-0.4, -0.2) is 92.2 Å². The smallest absolute Gasteiger partial charge is 0.253 e. The van der Waals surface area contributed by atoms with Gasteiger partial charge in [-0.05, 0) is 48.2 Å². The largest absolute Gasteiger partial charge is 0.395 e. The topological polar surface area (TPSA) is 81.2 Å². The molecule has 0 aliphatic carbocycles. The molecule has 2 heterocycles. The Bertz CT molecular complexity index is 1100. The van der Waals surface area contributed by atoms with Crippen molar-refractivity contribution in [1.82, 2.24) is 14.1 Å². The van der Waals surface area contributed by atoms with Crippen molar-refractivity contribution in [2.24, 2.45) is 0 Å². The van der Waals surface area contributed by atoms with E-state index in [1.165, 1.54) is 6.26 Å². The molecule has 0 saturated carbocycles. The number of sulfonamides is 1. The molecular formula is C25H33N3O4S. The molecular weight excluding hydrogens is 438 g/mol. The molecule has 2 aliphatic rings. The number of aliphatic hydroxyl groups excluding tert-OH is 1. The highest BCUT2D eigenvalue weighted by Gasteiger charge is 2.49. The third-order valence-electron chi connectivity index (χ3n) is 6.95. The van der Waals surface area contributed by atoms with Crippen molar-refractivity contribution in [1.29, 1.82) is 0 Å². The second-order valence-electron chi connectivity index (χ2n) is 9.31. The zero-order valence-electron chi connectivity index (χ0n) is 19.5. The van der Waals surface area contributed by atoms with Gasteiger partial charge in [-0.2, -0.15) is 0 Å². The van der Waals surface area contributed by atoms with Crippen LogP contribution in [0.25, 0.3) is 11.1 Å². The highest BCUT2D eigenvalue weighted by Crippen LogP contribution is 2.42. The van der Waals surface area contributed by atoms with Crippen molar-refractivity contribution >= 4 is 15.9 Å². The highest BCUT2D eigenvalue weighted by molar-refractivity contribution is 7.88. The third kappa shape index (κ3) is 4.84. The van der Waals surface area contributed by atoms with Gasteiger partial charge in [0, 0.05) is 50.7 Å². The van der Waals surface area contributed by atoms with E-state index in [2.05, 4.69) is 17.0 Å². The second kappa shape index (κ2) is 9.54. The third-order valence-corrected chi connectivity index (χ3v) is 8.22. The van der Waals surface area contributed by atoms with E-state index >= 15 is 0 Å². The molecule has 4 rings (SSSR count). The molecule has 0 aromatic heterocycles. The first-order valence-electron chi connectivity index (χ1n) is 11.4. The number of nitrogens with zero attached hydrogens (tertiary/aromatic N) is 3. The number of amides is 1. The van der Waals surface area contributed by atoms with Crippen LogP contribution >= 0.6 is 0 Å². The van der Waals surface area contributed by atoms with E-state index in [0.29, 0.717) is 18.7 Å². The molecule has 7 nitrogen and oxygen atoms in total. The van der Waals surface area contributed by atoms with Gasteiger partial charge in [0.1, 0.15) is 0 Å². The molecule has 33 heavy (non-hydrogen) atoms. The molecule has 0 bridgehead atoms. The summed E-state index contributed by atoms with van der Waals surface area (Å²) in [7, 11) is 0.215. The van der Waals surface area contributed by atoms with Crippen LogP contribution in [0.3, 0.4) is 0 Å². The lowest BCUT2D eigenvalue weighted by Gasteiger charge is -2.57. The van der Waals surface area contributed by atoms with Gasteiger partial charge in [-0.3, -0.25) is 9.69 Å². The van der Waals surface area contributed by atoms with Crippen molar-refractivity contribution in [3.63, 3.8) is 0 Å². The Morgan fingerprint density at radius 3 is 2.39 bits per heavy atom. The van der Waals surface area contributed by atoms with E-state index in [9.17, 15) is 18.3 Å². The molecule has 3 atom stereocenters. The van der Waals surface area contributed by atoms with E-state index in [0.717, 1.165) is 36.1 Å². The fourth-order valence-electron chi connectivity index (χ4n) is 5.20. The number of benzene rings is 2. The monoisotopic (exact) mass is 471 g/mol. The minimum Gasteiger partial charge on any atom is -0.395 e. The molecule has 0 radical (unpaired) electrons. The van der Waals surface area contributed by atoms with E-state index in [-0.39, 0.29) is 30.5 Å². The summed E-state index contributed by atoms with van der Waals surface area (Å²) in [4.78, 5) is 16.2. The Morgan fingerprint density at radius 1 is 1.06 bits per heavy atom. The summed E-state index contributed by atoms with van der Waals surface area (Å²) in [6.45, 7) is 1.95. The molecule has 178 valence electrons. The first kappa shape index (κ1) is 23.9. The van der Waals surface area contributed by atoms with Crippen molar-refractivity contribution < 1.29 is 18.3 Å². The summed E-state index contributed by atoms with van der Waals surface area (Å²) in [6.07, 6.45) is 3.04. The molecule has 2 fully saturated rings. The average Bonchev–Trinajstić information content (AvgIpc) is 2.77. The van der Waals surface area contributed by atoms with Gasteiger partial charge in [0.05, 0.1) is 12.9 Å². The summed E-state index contributed by atoms with van der Waals surface area (Å²) in [5, 5.41) is 10.1. The lowest BCUT2D eigenvalue weighted by atomic mass is 9.74. The standard InChI is InChI=1S/C25H33N3O4S/c1-26(2)25(30)21-8-6-7-20(15-21)18-9-11-19(12-10-18)24-22-16-27(33(3,31)32)13-4-5-14-28(22)23(24)17-29/h6-12,15,22-24,29H,4-5,13-14,16-17H2,1-3H3/t22-,23+,24-/m0/s1. The maximum Gasteiger partial charge on any atom is 0.253 e. The lowest BCUT2D eigenvalue weighted by molar-refractivity contribution is -0.0553. The SMILES string of the molecule is CN(C)C(=O)c1cccc(-c2ccc([C@@H]3[C@@H](CO)N4CCCCN(S(C)(=O)=O)C[C@@H]34)cc2)c1. The molecule has 1 amide bonds. The fourth-order valence-corrected chi connectivity index (χ4v) is 6.08. The Balaban J connectivity index is 1.59. The number of carbonyl (C=O) groups is 1. The minimum absolute atomic E-state index is 0.00130. The Hall–Kier alpha value is -2.26. The van der Waals surface area contributed by atoms with E-state index in [1.54, 1.807) is 23.3 Å². The van der Waals surface area contributed by atoms with Gasteiger partial charge in [-0.1, -0.05) is 36.4 Å². The van der Waals surface area contributed by atoms with Gasteiger partial charge in [-0.25, -0.2) is 12.7 Å². The number of fused-ring (bicyclic) bond motifs is 1. The van der Waals surface area contributed by atoms with Crippen molar-refractivity contribution in [3.8, 4) is 11.1 Å². The van der Waals surface area contributed by atoms with Gasteiger partial charge in [0.2, 0.25) is 10.0 Å². The molecule has 2 aromatic carbocycles. The molecule has 2 saturated heterocycles. The van der Waals surface area contributed by atoms with Gasteiger partial charge < -0.3 is 10.0 Å². The Labute approximate surface area is 196 Å². The molecule has 0 spiro atoms. The van der Waals surface area contributed by atoms with Crippen molar-refractivity contribution in [3.05, 3.63) is 59.7 Å². The van der Waals surface area contributed by atoms with Gasteiger partial charge in [0.15, 0.2) is 0 Å². The molecule has 2 aromatic rings. The van der Waals surface area contributed by atoms with E-state index in [1.807, 2.05) is 36.4 Å². The number of rotatable bonds is 5. The van der Waals surface area contributed by atoms with E-state index in [4.69, 9.17) is 0 Å². The summed E-state index contributed by atoms with van der Waals surface area (Å²) in [5.74, 6) is 0.0431. The van der Waals surface area contributed by atoms with Gasteiger partial charge >= 0.3 is 0 Å². The molecule has 2 aliphatic heterocycles. The van der Waals surface area contributed by atoms with Gasteiger partial charge in [-0.15, -0.1) is 0 Å². The number of hydrogen-bond acceptors (Lipinski definition) is 5. The van der Waals surface area contributed by atoms with Crippen LogP contribution in [0.1, 0.15) is 34.7 Å². The maximum atomic E-state index is 12.3. The number of aliphatic hydroxyl groups is 1. The van der Waals surface area contributed by atoms with Crippen LogP contribution in [0.2, 0.25) is 0 Å². The first-order valence-corrected chi connectivity index (χ1v) is 13.3. The lowest BCUT2D eigenvalue weighted by Crippen LogP contribution is -2.67. The number of hydrogen-bond donors (Lipinski definition) is 1. The molecule has 1 N–H and O–H groups in total. The summed E-state index contributed by atoms with van der Waals surface area (Å²) >= 11 is 0. The predicted octanol–water partition coefficient (Wildman–Crippen LogP) is 2.24. The van der Waals surface area contributed by atoms with Crippen LogP contribution < -0.4 is 0 Å². The van der Waals surface area contributed by atoms with Crippen LogP contribution in [0.4, 0.5) is 0 Å². The normalized spacial score (nSPS) is 24.3. The Kier molecular flexibility index (Phi) is 6.91. The maximum absolute atomic E-state index is 12.3. The van der Waals surface area contributed by atoms with Crippen LogP contribution in [0.5, 0.6) is 0 Å². The summed E-state index contributed by atoms with van der Waals surface area (Å²) < 4.78 is 26.1. The summed E-state index contributed by atoms with van der Waals surface area (Å²) in [5.41, 5.74) is 3.73. The zero-order chi connectivity index (χ0) is 23.8. The quantitative estimate of drug-likeness (QED) is 0.723. The fraction of sp³-hybridized carbons (Fsp3) is 0.480. The number of carbonyl (C=O) groups excluding carboxylic acids is 1.